The summed E-state index contributed by atoms with van der Waals surface area (Å²) in [5, 5.41) is 3.75. The van der Waals surface area contributed by atoms with Crippen LogP contribution in [0.4, 0.5) is 4.79 Å². The fourth-order valence-corrected chi connectivity index (χ4v) is 4.69. The molecule has 0 radical (unpaired) electrons. The second-order valence-corrected chi connectivity index (χ2v) is 8.42. The van der Waals surface area contributed by atoms with Gasteiger partial charge < -0.3 is 15.0 Å². The van der Waals surface area contributed by atoms with Gasteiger partial charge in [0.15, 0.2) is 0 Å². The molecule has 2 fully saturated rings. The van der Waals surface area contributed by atoms with Crippen LogP contribution in [0.2, 0.25) is 0 Å². The summed E-state index contributed by atoms with van der Waals surface area (Å²) in [6.07, 6.45) is 6.66. The highest BCUT2D eigenvalue weighted by atomic mass is 32.2. The number of carbonyl (C=O) groups is 2. The molecular formula is C20H28N2O3S. The van der Waals surface area contributed by atoms with E-state index in [2.05, 4.69) is 5.32 Å². The lowest BCUT2D eigenvalue weighted by molar-refractivity contribution is -0.118. The van der Waals surface area contributed by atoms with Crippen LogP contribution in [0.25, 0.3) is 0 Å². The predicted molar refractivity (Wildman–Crippen MR) is 104 cm³/mol. The summed E-state index contributed by atoms with van der Waals surface area (Å²) in [6, 6.07) is 9.15. The minimum atomic E-state index is -0.286. The minimum absolute atomic E-state index is 0.146. The molecule has 1 aliphatic heterocycles. The summed E-state index contributed by atoms with van der Waals surface area (Å²) >= 11 is 1.80. The van der Waals surface area contributed by atoms with Gasteiger partial charge in [-0.1, -0.05) is 31.0 Å². The predicted octanol–water partition coefficient (Wildman–Crippen LogP) is 3.69. The number of para-hydroxylation sites is 1. The number of rotatable bonds is 6. The van der Waals surface area contributed by atoms with Crippen molar-refractivity contribution in [3.8, 4) is 5.75 Å². The molecular weight excluding hydrogens is 348 g/mol. The number of thioether (sulfide) groups is 1. The average Bonchev–Trinajstić information content (AvgIpc) is 3.19. The van der Waals surface area contributed by atoms with Crippen molar-refractivity contribution in [2.75, 3.05) is 25.4 Å². The van der Waals surface area contributed by atoms with Crippen LogP contribution in [-0.4, -0.2) is 47.5 Å². The van der Waals surface area contributed by atoms with Crippen LogP contribution in [0.5, 0.6) is 5.75 Å². The van der Waals surface area contributed by atoms with Gasteiger partial charge in [0, 0.05) is 24.9 Å². The quantitative estimate of drug-likeness (QED) is 0.823. The Morgan fingerprint density at radius 1 is 1.08 bits per heavy atom. The maximum absolute atomic E-state index is 12.2. The third kappa shape index (κ3) is 5.94. The van der Waals surface area contributed by atoms with Crippen LogP contribution < -0.4 is 10.1 Å². The second kappa shape index (κ2) is 9.86. The van der Waals surface area contributed by atoms with Crippen LogP contribution >= 0.6 is 11.8 Å². The lowest BCUT2D eigenvalue weighted by atomic mass is 9.97. The fourth-order valence-electron chi connectivity index (χ4n) is 3.53. The Balaban J connectivity index is 1.30. The summed E-state index contributed by atoms with van der Waals surface area (Å²) in [6.45, 7) is 2.08. The Kier molecular flexibility index (Phi) is 7.23. The van der Waals surface area contributed by atoms with Crippen LogP contribution in [-0.2, 0) is 4.79 Å². The van der Waals surface area contributed by atoms with Gasteiger partial charge in [0.05, 0.1) is 5.75 Å². The zero-order valence-electron chi connectivity index (χ0n) is 15.2. The first-order chi connectivity index (χ1) is 12.7. The maximum Gasteiger partial charge on any atom is 0.415 e. The number of nitrogens with zero attached hydrogens (tertiary/aromatic N) is 1. The summed E-state index contributed by atoms with van der Waals surface area (Å²) in [5.74, 6) is 1.74. The topological polar surface area (TPSA) is 58.6 Å². The number of carbonyl (C=O) groups excluding carboxylic acids is 2. The molecule has 1 N–H and O–H groups in total. The van der Waals surface area contributed by atoms with Crippen molar-refractivity contribution in [1.29, 1.82) is 0 Å². The van der Waals surface area contributed by atoms with Gasteiger partial charge in [-0.15, -0.1) is 11.8 Å². The largest absolute Gasteiger partial charge is 0.415 e. The van der Waals surface area contributed by atoms with E-state index in [1.807, 2.05) is 18.2 Å². The zero-order chi connectivity index (χ0) is 18.2. The van der Waals surface area contributed by atoms with Crippen molar-refractivity contribution in [1.82, 2.24) is 10.2 Å². The van der Waals surface area contributed by atoms with Crippen LogP contribution in [0, 0.1) is 5.92 Å². The van der Waals surface area contributed by atoms with Crippen LogP contribution in [0.3, 0.4) is 0 Å². The molecule has 5 nitrogen and oxygen atoms in total. The number of ether oxygens (including phenoxy) is 1. The van der Waals surface area contributed by atoms with Crippen molar-refractivity contribution < 1.29 is 14.3 Å². The summed E-state index contributed by atoms with van der Waals surface area (Å²) in [7, 11) is 0. The van der Waals surface area contributed by atoms with E-state index >= 15 is 0 Å². The molecule has 0 unspecified atom stereocenters. The molecule has 3 rings (SSSR count). The fraction of sp³-hybridized carbons (Fsp3) is 0.600. The number of likely N-dealkylation sites (tertiary alicyclic amines) is 1. The van der Waals surface area contributed by atoms with Gasteiger partial charge in [0.2, 0.25) is 5.91 Å². The average molecular weight is 377 g/mol. The van der Waals surface area contributed by atoms with Gasteiger partial charge >= 0.3 is 6.09 Å². The first-order valence-electron chi connectivity index (χ1n) is 9.61. The molecule has 1 heterocycles. The van der Waals surface area contributed by atoms with Crippen molar-refractivity contribution in [3.63, 3.8) is 0 Å². The number of nitrogens with one attached hydrogen (secondary N) is 1. The summed E-state index contributed by atoms with van der Waals surface area (Å²) in [4.78, 5) is 25.9. The molecule has 2 amide bonds. The Hall–Kier alpha value is -1.69. The van der Waals surface area contributed by atoms with E-state index in [1.165, 1.54) is 25.7 Å². The molecule has 1 saturated heterocycles. The lowest BCUT2D eigenvalue weighted by Gasteiger charge is -2.31. The van der Waals surface area contributed by atoms with E-state index in [9.17, 15) is 9.59 Å². The van der Waals surface area contributed by atoms with Crippen LogP contribution in [0.1, 0.15) is 38.5 Å². The van der Waals surface area contributed by atoms with E-state index in [-0.39, 0.29) is 12.0 Å². The molecule has 1 aliphatic carbocycles. The molecule has 1 aromatic carbocycles. The van der Waals surface area contributed by atoms with Gasteiger partial charge in [0.25, 0.3) is 0 Å². The highest BCUT2D eigenvalue weighted by Crippen LogP contribution is 2.29. The van der Waals surface area contributed by atoms with Gasteiger partial charge in [0.1, 0.15) is 5.75 Å². The van der Waals surface area contributed by atoms with Gasteiger partial charge in [-0.2, -0.15) is 0 Å². The Morgan fingerprint density at radius 2 is 1.77 bits per heavy atom. The molecule has 1 saturated carbocycles. The zero-order valence-corrected chi connectivity index (χ0v) is 16.0. The van der Waals surface area contributed by atoms with Gasteiger partial charge in [-0.3, -0.25) is 4.79 Å². The number of hydrogen-bond donors (Lipinski definition) is 1. The lowest BCUT2D eigenvalue weighted by Crippen LogP contribution is -2.43. The number of piperidine rings is 1. The highest BCUT2D eigenvalue weighted by molar-refractivity contribution is 8.00. The molecule has 2 aliphatic rings. The van der Waals surface area contributed by atoms with E-state index in [1.54, 1.807) is 28.8 Å². The molecule has 6 heteroatoms. The SMILES string of the molecule is O=C(CSC1CCCC1)NCC1CCN(C(=O)Oc2ccccc2)CC1. The first-order valence-corrected chi connectivity index (χ1v) is 10.7. The van der Waals surface area contributed by atoms with E-state index in [4.69, 9.17) is 4.74 Å². The van der Waals surface area contributed by atoms with Crippen molar-refractivity contribution in [2.24, 2.45) is 5.92 Å². The van der Waals surface area contributed by atoms with Crippen molar-refractivity contribution >= 4 is 23.8 Å². The molecule has 142 valence electrons. The van der Waals surface area contributed by atoms with Crippen molar-refractivity contribution in [2.45, 2.75) is 43.8 Å². The summed E-state index contributed by atoms with van der Waals surface area (Å²) in [5.41, 5.74) is 0. The standard InChI is InChI=1S/C20H28N2O3S/c23-19(15-26-18-8-4-5-9-18)21-14-16-10-12-22(13-11-16)20(24)25-17-6-2-1-3-7-17/h1-3,6-7,16,18H,4-5,8-15H2,(H,21,23). The maximum atomic E-state index is 12.2. The number of amides is 2. The Morgan fingerprint density at radius 3 is 2.46 bits per heavy atom. The number of hydrogen-bond acceptors (Lipinski definition) is 4. The molecule has 0 bridgehead atoms. The molecule has 0 aromatic heterocycles. The molecule has 0 atom stereocenters. The first kappa shape index (κ1) is 19.1. The smallest absolute Gasteiger partial charge is 0.410 e. The van der Waals surface area contributed by atoms with Crippen LogP contribution in [0.15, 0.2) is 30.3 Å². The molecule has 1 aromatic rings. The summed E-state index contributed by atoms with van der Waals surface area (Å²) < 4.78 is 5.38. The Bertz CT molecular complexity index is 582. The van der Waals surface area contributed by atoms with Gasteiger partial charge in [-0.05, 0) is 43.7 Å². The normalized spacial score (nSPS) is 18.7. The monoisotopic (exact) mass is 376 g/mol. The highest BCUT2D eigenvalue weighted by Gasteiger charge is 2.24. The third-order valence-corrected chi connectivity index (χ3v) is 6.53. The number of benzene rings is 1. The van der Waals surface area contributed by atoms with E-state index < -0.39 is 0 Å². The molecule has 0 spiro atoms. The third-order valence-electron chi connectivity index (χ3n) is 5.16. The van der Waals surface area contributed by atoms with E-state index in [0.717, 1.165) is 12.8 Å². The molecule has 26 heavy (non-hydrogen) atoms. The minimum Gasteiger partial charge on any atom is -0.410 e. The van der Waals surface area contributed by atoms with Gasteiger partial charge in [-0.25, -0.2) is 4.79 Å². The van der Waals surface area contributed by atoms with Crippen molar-refractivity contribution in [3.05, 3.63) is 30.3 Å². The second-order valence-electron chi connectivity index (χ2n) is 7.13. The van der Waals surface area contributed by atoms with E-state index in [0.29, 0.717) is 42.3 Å². The Labute approximate surface area is 159 Å².